The van der Waals surface area contributed by atoms with Gasteiger partial charge in [-0.1, -0.05) is 43.6 Å². The van der Waals surface area contributed by atoms with E-state index in [-0.39, 0.29) is 5.92 Å². The number of nitrogens with two attached hydrogens (primary N) is 1. The van der Waals surface area contributed by atoms with Crippen LogP contribution in [0.15, 0.2) is 30.6 Å². The Kier molecular flexibility index (Phi) is 4.22. The number of nitrogens with one attached hydrogen (secondary N) is 1. The average Bonchev–Trinajstić information content (AvgIpc) is 2.37. The average molecular weight is 277 g/mol. The molecule has 19 heavy (non-hydrogen) atoms. The van der Waals surface area contributed by atoms with Crippen LogP contribution in [0, 0.1) is 0 Å². The summed E-state index contributed by atoms with van der Waals surface area (Å²) in [7, 11) is 0. The molecule has 0 atom stereocenters. The van der Waals surface area contributed by atoms with Crippen molar-refractivity contribution in [2.24, 2.45) is 0 Å². The molecule has 0 bridgehead atoms. The molecule has 3 N–H and O–H groups in total. The second kappa shape index (κ2) is 5.89. The van der Waals surface area contributed by atoms with Gasteiger partial charge in [-0.3, -0.25) is 0 Å². The Bertz CT molecular complexity index is 569. The van der Waals surface area contributed by atoms with Crippen LogP contribution >= 0.6 is 11.6 Å². The summed E-state index contributed by atoms with van der Waals surface area (Å²) >= 11 is 6.13. The van der Waals surface area contributed by atoms with Crippen LogP contribution in [0.1, 0.15) is 30.9 Å². The Hall–Kier alpha value is -1.81. The zero-order chi connectivity index (χ0) is 13.8. The standard InChI is InChI=1S/C14H17ClN4/c1-9(2)12-13(16)18-8-19-14(12)17-7-10-5-3-4-6-11(10)15/h3-6,8-9H,7H2,1-2H3,(H3,16,17,18,19). The number of aromatic nitrogens is 2. The fourth-order valence-electron chi connectivity index (χ4n) is 1.94. The van der Waals surface area contributed by atoms with Crippen molar-refractivity contribution in [3.05, 3.63) is 46.7 Å². The Balaban J connectivity index is 2.21. The number of benzene rings is 1. The molecule has 0 fully saturated rings. The maximum Gasteiger partial charge on any atom is 0.135 e. The zero-order valence-electron chi connectivity index (χ0n) is 11.0. The lowest BCUT2D eigenvalue weighted by Crippen LogP contribution is -2.09. The van der Waals surface area contributed by atoms with E-state index >= 15 is 0 Å². The monoisotopic (exact) mass is 276 g/mol. The number of anilines is 2. The van der Waals surface area contributed by atoms with Crippen LogP contribution in [0.3, 0.4) is 0 Å². The van der Waals surface area contributed by atoms with E-state index in [0.29, 0.717) is 12.4 Å². The summed E-state index contributed by atoms with van der Waals surface area (Å²) < 4.78 is 0. The third kappa shape index (κ3) is 3.15. The molecule has 1 heterocycles. The summed E-state index contributed by atoms with van der Waals surface area (Å²) in [5.74, 6) is 1.55. The first-order valence-corrected chi connectivity index (χ1v) is 6.55. The Morgan fingerprint density at radius 1 is 1.26 bits per heavy atom. The van der Waals surface area contributed by atoms with Crippen molar-refractivity contribution in [1.82, 2.24) is 9.97 Å². The van der Waals surface area contributed by atoms with Crippen molar-refractivity contribution in [3.63, 3.8) is 0 Å². The number of hydrogen-bond acceptors (Lipinski definition) is 4. The maximum atomic E-state index is 6.13. The van der Waals surface area contributed by atoms with E-state index in [9.17, 15) is 0 Å². The van der Waals surface area contributed by atoms with Crippen LogP contribution in [-0.2, 0) is 6.54 Å². The highest BCUT2D eigenvalue weighted by molar-refractivity contribution is 6.31. The van der Waals surface area contributed by atoms with E-state index in [1.165, 1.54) is 6.33 Å². The topological polar surface area (TPSA) is 63.8 Å². The van der Waals surface area contributed by atoms with Crippen molar-refractivity contribution in [2.45, 2.75) is 26.3 Å². The molecule has 0 amide bonds. The number of hydrogen-bond donors (Lipinski definition) is 2. The SMILES string of the molecule is CC(C)c1c(N)ncnc1NCc1ccccc1Cl. The highest BCUT2D eigenvalue weighted by Crippen LogP contribution is 2.27. The molecule has 0 saturated carbocycles. The van der Waals surface area contributed by atoms with Crippen LogP contribution in [-0.4, -0.2) is 9.97 Å². The van der Waals surface area contributed by atoms with Gasteiger partial charge in [0.2, 0.25) is 0 Å². The molecule has 2 rings (SSSR count). The van der Waals surface area contributed by atoms with E-state index in [1.807, 2.05) is 24.3 Å². The smallest absolute Gasteiger partial charge is 0.135 e. The van der Waals surface area contributed by atoms with Crippen molar-refractivity contribution in [3.8, 4) is 0 Å². The van der Waals surface area contributed by atoms with Crippen LogP contribution < -0.4 is 11.1 Å². The predicted molar refractivity (Wildman–Crippen MR) is 79.3 cm³/mol. The first kappa shape index (κ1) is 13.6. The van der Waals surface area contributed by atoms with Gasteiger partial charge in [-0.2, -0.15) is 0 Å². The largest absolute Gasteiger partial charge is 0.383 e. The van der Waals surface area contributed by atoms with Crippen molar-refractivity contribution in [1.29, 1.82) is 0 Å². The summed E-state index contributed by atoms with van der Waals surface area (Å²) in [5, 5.41) is 4.02. The van der Waals surface area contributed by atoms with E-state index in [0.717, 1.165) is 22.0 Å². The normalized spacial score (nSPS) is 10.7. The van der Waals surface area contributed by atoms with Crippen molar-refractivity contribution < 1.29 is 0 Å². The molecule has 0 radical (unpaired) electrons. The predicted octanol–water partition coefficient (Wildman–Crippen LogP) is 3.45. The molecular formula is C14H17ClN4. The summed E-state index contributed by atoms with van der Waals surface area (Å²) in [5.41, 5.74) is 7.87. The Labute approximate surface area is 118 Å². The lowest BCUT2D eigenvalue weighted by molar-refractivity contribution is 0.849. The minimum Gasteiger partial charge on any atom is -0.383 e. The third-order valence-corrected chi connectivity index (χ3v) is 3.26. The van der Waals surface area contributed by atoms with Crippen LogP contribution in [0.4, 0.5) is 11.6 Å². The number of nitrogens with zero attached hydrogens (tertiary/aromatic N) is 2. The number of halogens is 1. The van der Waals surface area contributed by atoms with Gasteiger partial charge in [0.1, 0.15) is 18.0 Å². The van der Waals surface area contributed by atoms with E-state index in [1.54, 1.807) is 0 Å². The minimum absolute atomic E-state index is 0.259. The van der Waals surface area contributed by atoms with Crippen molar-refractivity contribution in [2.75, 3.05) is 11.1 Å². The molecule has 0 saturated heterocycles. The Morgan fingerprint density at radius 3 is 2.68 bits per heavy atom. The number of nitrogen functional groups attached to an aromatic ring is 1. The van der Waals surface area contributed by atoms with Gasteiger partial charge in [0, 0.05) is 17.1 Å². The molecule has 0 aliphatic heterocycles. The second-order valence-electron chi connectivity index (χ2n) is 4.62. The van der Waals surface area contributed by atoms with E-state index in [2.05, 4.69) is 29.1 Å². The molecule has 2 aromatic rings. The second-order valence-corrected chi connectivity index (χ2v) is 5.03. The van der Waals surface area contributed by atoms with Crippen LogP contribution in [0.2, 0.25) is 5.02 Å². The van der Waals surface area contributed by atoms with Gasteiger partial charge in [0.25, 0.3) is 0 Å². The summed E-state index contributed by atoms with van der Waals surface area (Å²) in [4.78, 5) is 8.29. The molecule has 0 aliphatic carbocycles. The lowest BCUT2D eigenvalue weighted by atomic mass is 10.0. The van der Waals surface area contributed by atoms with Gasteiger partial charge in [0.15, 0.2) is 0 Å². The number of rotatable bonds is 4. The lowest BCUT2D eigenvalue weighted by Gasteiger charge is -2.15. The van der Waals surface area contributed by atoms with E-state index in [4.69, 9.17) is 17.3 Å². The molecule has 0 aliphatic rings. The molecule has 4 nitrogen and oxygen atoms in total. The Morgan fingerprint density at radius 2 is 2.00 bits per heavy atom. The van der Waals surface area contributed by atoms with Gasteiger partial charge in [-0.15, -0.1) is 0 Å². The highest BCUT2D eigenvalue weighted by Gasteiger charge is 2.12. The van der Waals surface area contributed by atoms with Gasteiger partial charge < -0.3 is 11.1 Å². The quantitative estimate of drug-likeness (QED) is 0.898. The van der Waals surface area contributed by atoms with Crippen LogP contribution in [0.25, 0.3) is 0 Å². The molecular weight excluding hydrogens is 260 g/mol. The molecule has 100 valence electrons. The molecule has 1 aromatic carbocycles. The summed E-state index contributed by atoms with van der Waals surface area (Å²) in [6.07, 6.45) is 1.47. The minimum atomic E-state index is 0.259. The first-order chi connectivity index (χ1) is 9.09. The molecule has 5 heteroatoms. The van der Waals surface area contributed by atoms with Gasteiger partial charge >= 0.3 is 0 Å². The third-order valence-electron chi connectivity index (χ3n) is 2.90. The zero-order valence-corrected chi connectivity index (χ0v) is 11.8. The van der Waals surface area contributed by atoms with Gasteiger partial charge in [-0.05, 0) is 17.5 Å². The first-order valence-electron chi connectivity index (χ1n) is 6.17. The van der Waals surface area contributed by atoms with Gasteiger partial charge in [-0.25, -0.2) is 9.97 Å². The molecule has 0 spiro atoms. The fraction of sp³-hybridized carbons (Fsp3) is 0.286. The van der Waals surface area contributed by atoms with E-state index < -0.39 is 0 Å². The fourth-order valence-corrected chi connectivity index (χ4v) is 2.14. The maximum absolute atomic E-state index is 6.13. The molecule has 0 unspecified atom stereocenters. The van der Waals surface area contributed by atoms with Crippen molar-refractivity contribution >= 4 is 23.2 Å². The van der Waals surface area contributed by atoms with Gasteiger partial charge in [0.05, 0.1) is 0 Å². The molecule has 1 aromatic heterocycles. The highest BCUT2D eigenvalue weighted by atomic mass is 35.5. The van der Waals surface area contributed by atoms with Crippen LogP contribution in [0.5, 0.6) is 0 Å². The summed E-state index contributed by atoms with van der Waals surface area (Å²) in [6, 6.07) is 7.72. The summed E-state index contributed by atoms with van der Waals surface area (Å²) in [6.45, 7) is 4.74.